The Labute approximate surface area is 155 Å². The first-order chi connectivity index (χ1) is 12.1. The van der Waals surface area contributed by atoms with Crippen LogP contribution in [0.25, 0.3) is 0 Å². The number of rotatable bonds is 17. The van der Waals surface area contributed by atoms with Gasteiger partial charge in [0, 0.05) is 13.6 Å². The maximum atomic E-state index is 11.3. The molecule has 0 atom stereocenters. The maximum absolute atomic E-state index is 11.3. The highest BCUT2D eigenvalue weighted by molar-refractivity contribution is 5.65. The van der Waals surface area contributed by atoms with E-state index in [9.17, 15) is 4.79 Å². The normalized spacial score (nSPS) is 11.1. The van der Waals surface area contributed by atoms with Crippen molar-refractivity contribution >= 4 is 6.09 Å². The summed E-state index contributed by atoms with van der Waals surface area (Å²) >= 11 is 0. The Bertz CT molecular complexity index is 283. The minimum Gasteiger partial charge on any atom is -0.447 e. The first kappa shape index (κ1) is 24.2. The number of carbonyl (C=O) groups excluding carboxylic acids is 1. The SMILES string of the molecule is CCCCCCCCN(CCCCCCCC)CCOC(=O)N(C)O. The van der Waals surface area contributed by atoms with Gasteiger partial charge in [-0.05, 0) is 25.9 Å². The molecular weight excluding hydrogens is 316 g/mol. The summed E-state index contributed by atoms with van der Waals surface area (Å²) in [6, 6.07) is 0. The van der Waals surface area contributed by atoms with Crippen LogP contribution in [0.2, 0.25) is 0 Å². The van der Waals surface area contributed by atoms with Crippen molar-refractivity contribution < 1.29 is 14.7 Å². The van der Waals surface area contributed by atoms with Crippen molar-refractivity contribution in [2.45, 2.75) is 90.9 Å². The standard InChI is InChI=1S/C20H42N2O3/c1-4-6-8-10-12-14-16-22(17-15-13-11-9-7-5-2)18-19-25-20(23)21(3)24/h24H,4-19H2,1-3H3. The van der Waals surface area contributed by atoms with E-state index < -0.39 is 6.09 Å². The Hall–Kier alpha value is -0.810. The predicted octanol–water partition coefficient (Wildman–Crippen LogP) is 5.47. The molecule has 5 nitrogen and oxygen atoms in total. The van der Waals surface area contributed by atoms with Crippen molar-refractivity contribution in [1.29, 1.82) is 0 Å². The van der Waals surface area contributed by atoms with E-state index in [-0.39, 0.29) is 0 Å². The van der Waals surface area contributed by atoms with E-state index in [0.29, 0.717) is 11.7 Å². The molecule has 1 N–H and O–H groups in total. The van der Waals surface area contributed by atoms with Gasteiger partial charge < -0.3 is 4.74 Å². The Balaban J connectivity index is 3.93. The first-order valence-electron chi connectivity index (χ1n) is 10.4. The number of hydroxylamine groups is 2. The van der Waals surface area contributed by atoms with E-state index in [2.05, 4.69) is 18.7 Å². The van der Waals surface area contributed by atoms with E-state index in [0.717, 1.165) is 19.6 Å². The minimum atomic E-state index is -0.681. The van der Waals surface area contributed by atoms with Gasteiger partial charge in [0.2, 0.25) is 0 Å². The van der Waals surface area contributed by atoms with Gasteiger partial charge in [0.25, 0.3) is 0 Å². The average Bonchev–Trinajstić information content (AvgIpc) is 2.60. The summed E-state index contributed by atoms with van der Waals surface area (Å²) in [5.41, 5.74) is 0. The summed E-state index contributed by atoms with van der Waals surface area (Å²) in [5, 5.41) is 9.51. The Kier molecular flexibility index (Phi) is 17.4. The zero-order valence-electron chi connectivity index (χ0n) is 17.0. The van der Waals surface area contributed by atoms with Crippen LogP contribution in [0.15, 0.2) is 0 Å². The van der Waals surface area contributed by atoms with Crippen LogP contribution in [-0.4, -0.2) is 54.6 Å². The van der Waals surface area contributed by atoms with Crippen LogP contribution >= 0.6 is 0 Å². The average molecular weight is 359 g/mol. The van der Waals surface area contributed by atoms with E-state index in [4.69, 9.17) is 9.94 Å². The van der Waals surface area contributed by atoms with Gasteiger partial charge in [0.15, 0.2) is 0 Å². The highest BCUT2D eigenvalue weighted by Crippen LogP contribution is 2.09. The molecule has 1 amide bonds. The van der Waals surface area contributed by atoms with E-state index in [1.165, 1.54) is 84.1 Å². The third-order valence-electron chi connectivity index (χ3n) is 4.55. The van der Waals surface area contributed by atoms with Crippen molar-refractivity contribution in [2.24, 2.45) is 0 Å². The van der Waals surface area contributed by atoms with Crippen LogP contribution in [0.3, 0.4) is 0 Å². The molecule has 0 aliphatic carbocycles. The number of ether oxygens (including phenoxy) is 1. The zero-order chi connectivity index (χ0) is 18.8. The highest BCUT2D eigenvalue weighted by Gasteiger charge is 2.09. The summed E-state index contributed by atoms with van der Waals surface area (Å²) in [7, 11) is 1.28. The van der Waals surface area contributed by atoms with E-state index in [1.54, 1.807) is 0 Å². The molecule has 0 spiro atoms. The number of amides is 1. The molecule has 0 radical (unpaired) electrons. The Morgan fingerprint density at radius 3 is 1.64 bits per heavy atom. The summed E-state index contributed by atoms with van der Waals surface area (Å²) < 4.78 is 5.05. The molecule has 0 fully saturated rings. The number of carbonyl (C=O) groups is 1. The van der Waals surface area contributed by atoms with Crippen LogP contribution in [0.4, 0.5) is 4.79 Å². The Morgan fingerprint density at radius 1 is 0.760 bits per heavy atom. The van der Waals surface area contributed by atoms with E-state index >= 15 is 0 Å². The molecule has 0 bridgehead atoms. The summed E-state index contributed by atoms with van der Waals surface area (Å²) in [4.78, 5) is 13.7. The fourth-order valence-electron chi connectivity index (χ4n) is 2.92. The topological polar surface area (TPSA) is 53.0 Å². The van der Waals surface area contributed by atoms with Gasteiger partial charge in [0.1, 0.15) is 6.61 Å². The molecule has 0 rings (SSSR count). The minimum absolute atomic E-state index is 0.343. The number of hydrogen-bond donors (Lipinski definition) is 1. The van der Waals surface area contributed by atoms with Crippen LogP contribution < -0.4 is 0 Å². The third-order valence-corrected chi connectivity index (χ3v) is 4.55. The molecular formula is C20H42N2O3. The Morgan fingerprint density at radius 2 is 1.20 bits per heavy atom. The second-order valence-electron chi connectivity index (χ2n) is 7.02. The third kappa shape index (κ3) is 16.4. The highest BCUT2D eigenvalue weighted by atomic mass is 16.6. The molecule has 0 heterocycles. The molecule has 0 aliphatic heterocycles. The largest absolute Gasteiger partial charge is 0.447 e. The summed E-state index contributed by atoms with van der Waals surface area (Å²) in [5.74, 6) is 0. The van der Waals surface area contributed by atoms with Crippen LogP contribution in [-0.2, 0) is 4.74 Å². The van der Waals surface area contributed by atoms with Crippen LogP contribution in [0.1, 0.15) is 90.9 Å². The lowest BCUT2D eigenvalue weighted by Gasteiger charge is -2.22. The predicted molar refractivity (Wildman–Crippen MR) is 104 cm³/mol. The van der Waals surface area contributed by atoms with Gasteiger partial charge in [-0.3, -0.25) is 10.1 Å². The number of hydrogen-bond acceptors (Lipinski definition) is 4. The second-order valence-corrected chi connectivity index (χ2v) is 7.02. The monoisotopic (exact) mass is 358 g/mol. The molecule has 0 aromatic rings. The van der Waals surface area contributed by atoms with Crippen molar-refractivity contribution in [3.05, 3.63) is 0 Å². The summed E-state index contributed by atoms with van der Waals surface area (Å²) in [6.07, 6.45) is 14.9. The molecule has 0 aromatic heterocycles. The smallest absolute Gasteiger partial charge is 0.433 e. The number of unbranched alkanes of at least 4 members (excludes halogenated alkanes) is 10. The quantitative estimate of drug-likeness (QED) is 0.213. The molecule has 0 saturated heterocycles. The lowest BCUT2D eigenvalue weighted by molar-refractivity contribution is -0.0543. The van der Waals surface area contributed by atoms with Gasteiger partial charge in [-0.15, -0.1) is 0 Å². The molecule has 5 heteroatoms. The van der Waals surface area contributed by atoms with Crippen molar-refractivity contribution in [3.8, 4) is 0 Å². The lowest BCUT2D eigenvalue weighted by atomic mass is 10.1. The first-order valence-corrected chi connectivity index (χ1v) is 10.4. The van der Waals surface area contributed by atoms with E-state index in [1.807, 2.05) is 0 Å². The maximum Gasteiger partial charge on any atom is 0.433 e. The molecule has 0 aromatic carbocycles. The van der Waals surface area contributed by atoms with Gasteiger partial charge >= 0.3 is 6.09 Å². The molecule has 0 unspecified atom stereocenters. The van der Waals surface area contributed by atoms with Crippen molar-refractivity contribution in [1.82, 2.24) is 9.96 Å². The van der Waals surface area contributed by atoms with Gasteiger partial charge in [0.05, 0.1) is 0 Å². The molecule has 0 aliphatic rings. The molecule has 0 saturated carbocycles. The van der Waals surface area contributed by atoms with Gasteiger partial charge in [-0.25, -0.2) is 4.79 Å². The van der Waals surface area contributed by atoms with Crippen LogP contribution in [0.5, 0.6) is 0 Å². The zero-order valence-corrected chi connectivity index (χ0v) is 17.0. The second kappa shape index (κ2) is 18.0. The van der Waals surface area contributed by atoms with Gasteiger partial charge in [-0.1, -0.05) is 78.1 Å². The fourth-order valence-corrected chi connectivity index (χ4v) is 2.92. The fraction of sp³-hybridized carbons (Fsp3) is 0.950. The lowest BCUT2D eigenvalue weighted by Crippen LogP contribution is -2.32. The molecule has 25 heavy (non-hydrogen) atoms. The van der Waals surface area contributed by atoms with Crippen LogP contribution in [0, 0.1) is 0 Å². The molecule has 150 valence electrons. The summed E-state index contributed by atoms with van der Waals surface area (Å²) in [6.45, 7) is 7.74. The van der Waals surface area contributed by atoms with Crippen molar-refractivity contribution in [2.75, 3.05) is 33.3 Å². The van der Waals surface area contributed by atoms with Crippen molar-refractivity contribution in [3.63, 3.8) is 0 Å². The number of nitrogens with zero attached hydrogens (tertiary/aromatic N) is 2. The van der Waals surface area contributed by atoms with Gasteiger partial charge in [-0.2, -0.15) is 5.06 Å².